The van der Waals surface area contributed by atoms with Crippen LogP contribution < -0.4 is 5.32 Å². The summed E-state index contributed by atoms with van der Waals surface area (Å²) in [7, 11) is 0. The molecular formula is C12H22BrN3O. The number of hydrogen-bond donors (Lipinski definition) is 2. The van der Waals surface area contributed by atoms with E-state index in [2.05, 4.69) is 54.0 Å². The predicted octanol–water partition coefficient (Wildman–Crippen LogP) is 2.43. The minimum atomic E-state index is -0.941. The van der Waals surface area contributed by atoms with Crippen LogP contribution in [-0.4, -0.2) is 27.5 Å². The van der Waals surface area contributed by atoms with Gasteiger partial charge in [-0.15, -0.1) is 0 Å². The molecule has 98 valence electrons. The lowest BCUT2D eigenvalue weighted by Crippen LogP contribution is -2.40. The third-order valence-corrected chi connectivity index (χ3v) is 3.18. The average molecular weight is 304 g/mol. The fourth-order valence-electron chi connectivity index (χ4n) is 1.72. The van der Waals surface area contributed by atoms with Crippen LogP contribution in [0.15, 0.2) is 10.7 Å². The van der Waals surface area contributed by atoms with Gasteiger partial charge in [-0.05, 0) is 36.7 Å². The number of aromatic nitrogens is 2. The van der Waals surface area contributed by atoms with E-state index in [-0.39, 0.29) is 6.04 Å². The Labute approximate surface area is 112 Å². The molecule has 1 aromatic rings. The lowest BCUT2D eigenvalue weighted by atomic mass is 10.0. The minimum absolute atomic E-state index is 0.224. The van der Waals surface area contributed by atoms with E-state index < -0.39 is 5.60 Å². The zero-order valence-corrected chi connectivity index (χ0v) is 12.7. The van der Waals surface area contributed by atoms with Gasteiger partial charge in [-0.3, -0.25) is 4.68 Å². The summed E-state index contributed by atoms with van der Waals surface area (Å²) in [6.07, 6.45) is 1.74. The van der Waals surface area contributed by atoms with E-state index in [4.69, 9.17) is 0 Å². The molecule has 0 aliphatic carbocycles. The molecule has 1 rings (SSSR count). The van der Waals surface area contributed by atoms with E-state index in [1.165, 1.54) is 0 Å². The Morgan fingerprint density at radius 2 is 2.06 bits per heavy atom. The number of aliphatic hydroxyl groups is 1. The molecular weight excluding hydrogens is 282 g/mol. The number of halogens is 1. The molecule has 1 unspecified atom stereocenters. The lowest BCUT2D eigenvalue weighted by molar-refractivity contribution is 0.0436. The molecule has 0 fully saturated rings. The van der Waals surface area contributed by atoms with Crippen molar-refractivity contribution in [2.75, 3.05) is 6.54 Å². The minimum Gasteiger partial charge on any atom is -0.382 e. The topological polar surface area (TPSA) is 50.1 Å². The SMILES string of the molecule is CC(C)NCC(C)(O)c1c(Br)cnn1C(C)C. The summed E-state index contributed by atoms with van der Waals surface area (Å²) in [4.78, 5) is 0. The van der Waals surface area contributed by atoms with Crippen molar-refractivity contribution in [3.8, 4) is 0 Å². The van der Waals surface area contributed by atoms with Crippen LogP contribution in [0.1, 0.15) is 46.4 Å². The van der Waals surface area contributed by atoms with E-state index in [9.17, 15) is 5.11 Å². The molecule has 17 heavy (non-hydrogen) atoms. The highest BCUT2D eigenvalue weighted by atomic mass is 79.9. The van der Waals surface area contributed by atoms with Crippen LogP contribution >= 0.6 is 15.9 Å². The van der Waals surface area contributed by atoms with Crippen molar-refractivity contribution < 1.29 is 5.11 Å². The van der Waals surface area contributed by atoms with Crippen molar-refractivity contribution in [2.45, 2.75) is 52.3 Å². The monoisotopic (exact) mass is 303 g/mol. The molecule has 1 aromatic heterocycles. The maximum atomic E-state index is 10.6. The maximum Gasteiger partial charge on any atom is 0.117 e. The quantitative estimate of drug-likeness (QED) is 0.878. The number of nitrogens with one attached hydrogen (secondary N) is 1. The molecule has 0 spiro atoms. The van der Waals surface area contributed by atoms with Gasteiger partial charge in [0.05, 0.1) is 16.4 Å². The Hall–Kier alpha value is -0.390. The zero-order valence-electron chi connectivity index (χ0n) is 11.2. The lowest BCUT2D eigenvalue weighted by Gasteiger charge is -2.27. The number of nitrogens with zero attached hydrogens (tertiary/aromatic N) is 2. The van der Waals surface area contributed by atoms with Gasteiger partial charge in [0.15, 0.2) is 0 Å². The van der Waals surface area contributed by atoms with Crippen molar-refractivity contribution in [3.05, 3.63) is 16.4 Å². The first kappa shape index (κ1) is 14.7. The first-order valence-corrected chi connectivity index (χ1v) is 6.74. The van der Waals surface area contributed by atoms with E-state index >= 15 is 0 Å². The molecule has 0 aromatic carbocycles. The molecule has 1 heterocycles. The second-order valence-electron chi connectivity index (χ2n) is 5.19. The van der Waals surface area contributed by atoms with Gasteiger partial charge < -0.3 is 10.4 Å². The maximum absolute atomic E-state index is 10.6. The molecule has 0 aliphatic heterocycles. The second kappa shape index (κ2) is 5.50. The summed E-state index contributed by atoms with van der Waals surface area (Å²) in [5.74, 6) is 0. The summed E-state index contributed by atoms with van der Waals surface area (Å²) in [5, 5.41) is 18.1. The molecule has 5 heteroatoms. The first-order valence-electron chi connectivity index (χ1n) is 5.95. The molecule has 0 radical (unpaired) electrons. The normalized spacial score (nSPS) is 15.6. The highest BCUT2D eigenvalue weighted by Gasteiger charge is 2.30. The molecule has 0 saturated carbocycles. The molecule has 0 bridgehead atoms. The molecule has 2 N–H and O–H groups in total. The van der Waals surface area contributed by atoms with E-state index in [0.717, 1.165) is 10.2 Å². The number of hydrogen-bond acceptors (Lipinski definition) is 3. The Morgan fingerprint density at radius 3 is 2.53 bits per heavy atom. The molecule has 0 saturated heterocycles. The standard InChI is InChI=1S/C12H22BrN3O/c1-8(2)14-7-12(5,17)11-10(13)6-15-16(11)9(3)4/h6,8-9,14,17H,7H2,1-5H3. The second-order valence-corrected chi connectivity index (χ2v) is 6.04. The molecule has 4 nitrogen and oxygen atoms in total. The summed E-state index contributed by atoms with van der Waals surface area (Å²) in [6, 6.07) is 0.567. The third kappa shape index (κ3) is 3.53. The molecule has 1 atom stereocenters. The highest BCUT2D eigenvalue weighted by molar-refractivity contribution is 9.10. The highest BCUT2D eigenvalue weighted by Crippen LogP contribution is 2.29. The van der Waals surface area contributed by atoms with Crippen LogP contribution in [0, 0.1) is 0 Å². The van der Waals surface area contributed by atoms with Crippen LogP contribution in [0.3, 0.4) is 0 Å². The fourth-order valence-corrected chi connectivity index (χ4v) is 2.42. The van der Waals surface area contributed by atoms with Crippen LogP contribution in [0.4, 0.5) is 0 Å². The van der Waals surface area contributed by atoms with Gasteiger partial charge in [0.1, 0.15) is 5.60 Å². The van der Waals surface area contributed by atoms with E-state index in [1.807, 2.05) is 11.6 Å². The van der Waals surface area contributed by atoms with Gasteiger partial charge in [0.25, 0.3) is 0 Å². The van der Waals surface area contributed by atoms with Gasteiger partial charge in [-0.1, -0.05) is 13.8 Å². The van der Waals surface area contributed by atoms with Crippen molar-refractivity contribution in [1.82, 2.24) is 15.1 Å². The van der Waals surface area contributed by atoms with E-state index in [1.54, 1.807) is 6.20 Å². The van der Waals surface area contributed by atoms with Gasteiger partial charge in [-0.25, -0.2) is 0 Å². The van der Waals surface area contributed by atoms with Crippen molar-refractivity contribution in [3.63, 3.8) is 0 Å². The summed E-state index contributed by atoms with van der Waals surface area (Å²) < 4.78 is 2.70. The van der Waals surface area contributed by atoms with Crippen molar-refractivity contribution >= 4 is 15.9 Å². The summed E-state index contributed by atoms with van der Waals surface area (Å²) >= 11 is 3.46. The predicted molar refractivity (Wildman–Crippen MR) is 73.0 cm³/mol. The summed E-state index contributed by atoms with van der Waals surface area (Å²) in [6.45, 7) is 10.5. The van der Waals surface area contributed by atoms with Crippen molar-refractivity contribution in [1.29, 1.82) is 0 Å². The fraction of sp³-hybridized carbons (Fsp3) is 0.750. The Kier molecular flexibility index (Phi) is 4.75. The van der Waals surface area contributed by atoms with Gasteiger partial charge >= 0.3 is 0 Å². The zero-order chi connectivity index (χ0) is 13.2. The van der Waals surface area contributed by atoms with Crippen molar-refractivity contribution in [2.24, 2.45) is 0 Å². The van der Waals surface area contributed by atoms with Gasteiger partial charge in [0, 0.05) is 18.6 Å². The molecule has 0 aliphatic rings. The summed E-state index contributed by atoms with van der Waals surface area (Å²) in [5.41, 5.74) is -0.121. The Morgan fingerprint density at radius 1 is 1.47 bits per heavy atom. The molecule has 0 amide bonds. The average Bonchev–Trinajstić information content (AvgIpc) is 2.58. The first-order chi connectivity index (χ1) is 7.75. The van der Waals surface area contributed by atoms with E-state index in [0.29, 0.717) is 12.6 Å². The van der Waals surface area contributed by atoms with Crippen LogP contribution in [-0.2, 0) is 5.60 Å². The Bertz CT molecular complexity index is 372. The largest absolute Gasteiger partial charge is 0.382 e. The van der Waals surface area contributed by atoms with Crippen LogP contribution in [0.5, 0.6) is 0 Å². The van der Waals surface area contributed by atoms with Crippen LogP contribution in [0.2, 0.25) is 0 Å². The third-order valence-electron chi connectivity index (χ3n) is 2.60. The smallest absolute Gasteiger partial charge is 0.117 e. The number of rotatable bonds is 5. The Balaban J connectivity index is 3.00. The van der Waals surface area contributed by atoms with Gasteiger partial charge in [-0.2, -0.15) is 5.10 Å². The van der Waals surface area contributed by atoms with Gasteiger partial charge in [0.2, 0.25) is 0 Å². The van der Waals surface area contributed by atoms with Crippen LogP contribution in [0.25, 0.3) is 0 Å².